The van der Waals surface area contributed by atoms with Gasteiger partial charge in [0.25, 0.3) is 0 Å². The third kappa shape index (κ3) is 4.14. The lowest BCUT2D eigenvalue weighted by molar-refractivity contribution is 0.263. The molecule has 1 rings (SSSR count). The summed E-state index contributed by atoms with van der Waals surface area (Å²) < 4.78 is 0. The number of rotatable bonds is 7. The van der Waals surface area contributed by atoms with Crippen molar-refractivity contribution < 1.29 is 0 Å². The number of aromatic nitrogens is 2. The Morgan fingerprint density at radius 1 is 1.44 bits per heavy atom. The molecule has 0 amide bonds. The van der Waals surface area contributed by atoms with Crippen LogP contribution in [-0.2, 0) is 6.42 Å². The first-order chi connectivity index (χ1) is 8.58. The van der Waals surface area contributed by atoms with Crippen LogP contribution in [0.15, 0.2) is 6.20 Å². The molecule has 18 heavy (non-hydrogen) atoms. The van der Waals surface area contributed by atoms with Gasteiger partial charge in [0.2, 0.25) is 5.95 Å². The average Bonchev–Trinajstić information content (AvgIpc) is 2.38. The van der Waals surface area contributed by atoms with E-state index in [1.54, 1.807) is 6.20 Å². The van der Waals surface area contributed by atoms with E-state index < -0.39 is 0 Å². The third-order valence-electron chi connectivity index (χ3n) is 3.37. The number of hydrogen-bond donors (Lipinski definition) is 2. The van der Waals surface area contributed by atoms with Gasteiger partial charge < -0.3 is 16.0 Å². The summed E-state index contributed by atoms with van der Waals surface area (Å²) in [5, 5.41) is 3.36. The van der Waals surface area contributed by atoms with E-state index in [0.717, 1.165) is 37.3 Å². The Bertz CT molecular complexity index is 366. The molecular formula is C13H25N5. The molecule has 0 bridgehead atoms. The second-order valence-corrected chi connectivity index (χ2v) is 4.59. The number of anilines is 2. The molecule has 5 heteroatoms. The van der Waals surface area contributed by atoms with Crippen molar-refractivity contribution in [2.75, 3.05) is 31.2 Å². The minimum absolute atomic E-state index is 0.327. The molecule has 3 N–H and O–H groups in total. The van der Waals surface area contributed by atoms with Gasteiger partial charge in [0, 0.05) is 24.3 Å². The van der Waals surface area contributed by atoms with Crippen molar-refractivity contribution in [1.29, 1.82) is 0 Å². The van der Waals surface area contributed by atoms with Crippen LogP contribution in [0.5, 0.6) is 0 Å². The highest BCUT2D eigenvalue weighted by Gasteiger charge is 2.08. The highest BCUT2D eigenvalue weighted by Crippen LogP contribution is 2.13. The van der Waals surface area contributed by atoms with Crippen LogP contribution in [-0.4, -0.2) is 41.0 Å². The highest BCUT2D eigenvalue weighted by molar-refractivity contribution is 5.45. The second-order valence-electron chi connectivity index (χ2n) is 4.59. The first kappa shape index (κ1) is 14.7. The first-order valence-electron chi connectivity index (χ1n) is 6.63. The van der Waals surface area contributed by atoms with E-state index in [0.29, 0.717) is 12.0 Å². The van der Waals surface area contributed by atoms with Gasteiger partial charge >= 0.3 is 0 Å². The molecule has 0 saturated carbocycles. The van der Waals surface area contributed by atoms with E-state index in [4.69, 9.17) is 5.73 Å². The summed E-state index contributed by atoms with van der Waals surface area (Å²) in [7, 11) is 2.14. The molecule has 5 nitrogen and oxygen atoms in total. The number of nitrogens with one attached hydrogen (secondary N) is 1. The lowest BCUT2D eigenvalue weighted by atomic mass is 10.2. The molecule has 0 radical (unpaired) electrons. The Morgan fingerprint density at radius 2 is 2.17 bits per heavy atom. The van der Waals surface area contributed by atoms with Crippen molar-refractivity contribution in [3.8, 4) is 0 Å². The van der Waals surface area contributed by atoms with E-state index in [9.17, 15) is 0 Å². The lowest BCUT2D eigenvalue weighted by Gasteiger charge is -2.23. The zero-order valence-corrected chi connectivity index (χ0v) is 11.9. The second kappa shape index (κ2) is 7.16. The summed E-state index contributed by atoms with van der Waals surface area (Å²) in [6.07, 6.45) is 3.79. The van der Waals surface area contributed by atoms with E-state index in [-0.39, 0.29) is 0 Å². The van der Waals surface area contributed by atoms with Crippen molar-refractivity contribution in [3.05, 3.63) is 11.8 Å². The van der Waals surface area contributed by atoms with Crippen LogP contribution < -0.4 is 11.1 Å². The quantitative estimate of drug-likeness (QED) is 0.773. The van der Waals surface area contributed by atoms with Crippen LogP contribution in [0.2, 0.25) is 0 Å². The van der Waals surface area contributed by atoms with Gasteiger partial charge in [0.15, 0.2) is 0 Å². The number of hydrogen-bond acceptors (Lipinski definition) is 5. The van der Waals surface area contributed by atoms with E-state index in [1.165, 1.54) is 0 Å². The standard InChI is InChI=1S/C13H25N5/c1-5-11-9-16-13(14)17-12(11)15-8-7-10(3)18(4)6-2/h9-10H,5-8H2,1-4H3,(H3,14,15,16,17)/t10-/m1/s1. The van der Waals surface area contributed by atoms with Crippen molar-refractivity contribution in [2.24, 2.45) is 0 Å². The zero-order chi connectivity index (χ0) is 13.5. The van der Waals surface area contributed by atoms with Gasteiger partial charge in [-0.05, 0) is 33.4 Å². The van der Waals surface area contributed by atoms with Gasteiger partial charge in [-0.2, -0.15) is 4.98 Å². The summed E-state index contributed by atoms with van der Waals surface area (Å²) in [4.78, 5) is 10.6. The monoisotopic (exact) mass is 251 g/mol. The normalized spacial score (nSPS) is 12.7. The summed E-state index contributed by atoms with van der Waals surface area (Å²) >= 11 is 0. The lowest BCUT2D eigenvalue weighted by Crippen LogP contribution is -2.30. The van der Waals surface area contributed by atoms with Gasteiger partial charge in [0.1, 0.15) is 5.82 Å². The van der Waals surface area contributed by atoms with Crippen LogP contribution in [0.25, 0.3) is 0 Å². The van der Waals surface area contributed by atoms with Gasteiger partial charge in [-0.15, -0.1) is 0 Å². The van der Waals surface area contributed by atoms with E-state index in [1.807, 2.05) is 0 Å². The number of nitrogens with two attached hydrogens (primary N) is 1. The van der Waals surface area contributed by atoms with Crippen molar-refractivity contribution in [2.45, 2.75) is 39.7 Å². The minimum Gasteiger partial charge on any atom is -0.370 e. The van der Waals surface area contributed by atoms with Crippen LogP contribution in [0.4, 0.5) is 11.8 Å². The molecule has 0 unspecified atom stereocenters. The molecule has 0 aromatic carbocycles. The zero-order valence-electron chi connectivity index (χ0n) is 11.9. The molecule has 0 fully saturated rings. The fourth-order valence-electron chi connectivity index (χ4n) is 1.76. The molecule has 1 atom stereocenters. The topological polar surface area (TPSA) is 67.1 Å². The van der Waals surface area contributed by atoms with E-state index >= 15 is 0 Å². The molecule has 0 aliphatic carbocycles. The predicted molar refractivity (Wildman–Crippen MR) is 76.7 cm³/mol. The van der Waals surface area contributed by atoms with Crippen molar-refractivity contribution in [1.82, 2.24) is 14.9 Å². The number of nitrogen functional groups attached to an aromatic ring is 1. The van der Waals surface area contributed by atoms with Crippen molar-refractivity contribution >= 4 is 11.8 Å². The maximum Gasteiger partial charge on any atom is 0.221 e. The Kier molecular flexibility index (Phi) is 5.85. The molecule has 102 valence electrons. The Hall–Kier alpha value is -1.36. The Balaban J connectivity index is 2.50. The number of aryl methyl sites for hydroxylation is 1. The third-order valence-corrected chi connectivity index (χ3v) is 3.37. The molecule has 1 heterocycles. The molecule has 1 aromatic rings. The van der Waals surface area contributed by atoms with Crippen LogP contribution in [0, 0.1) is 0 Å². The molecule has 1 aromatic heterocycles. The smallest absolute Gasteiger partial charge is 0.221 e. The molecular weight excluding hydrogens is 226 g/mol. The van der Waals surface area contributed by atoms with Gasteiger partial charge in [0.05, 0.1) is 0 Å². The van der Waals surface area contributed by atoms with Crippen LogP contribution in [0.3, 0.4) is 0 Å². The molecule has 0 aliphatic rings. The average molecular weight is 251 g/mol. The molecule has 0 saturated heterocycles. The fourth-order valence-corrected chi connectivity index (χ4v) is 1.76. The number of nitrogens with zero attached hydrogens (tertiary/aromatic N) is 3. The maximum absolute atomic E-state index is 5.61. The van der Waals surface area contributed by atoms with Gasteiger partial charge in [-0.3, -0.25) is 0 Å². The van der Waals surface area contributed by atoms with E-state index in [2.05, 4.69) is 48.0 Å². The predicted octanol–water partition coefficient (Wildman–Crippen LogP) is 1.76. The first-order valence-corrected chi connectivity index (χ1v) is 6.63. The van der Waals surface area contributed by atoms with Gasteiger partial charge in [-0.25, -0.2) is 4.98 Å². The fraction of sp³-hybridized carbons (Fsp3) is 0.692. The van der Waals surface area contributed by atoms with Gasteiger partial charge in [-0.1, -0.05) is 13.8 Å². The van der Waals surface area contributed by atoms with Crippen LogP contribution >= 0.6 is 0 Å². The Labute approximate surface area is 110 Å². The SMILES string of the molecule is CCc1cnc(N)nc1NCC[C@@H](C)N(C)CC. The summed E-state index contributed by atoms with van der Waals surface area (Å²) in [5.74, 6) is 1.20. The highest BCUT2D eigenvalue weighted by atomic mass is 15.1. The van der Waals surface area contributed by atoms with Crippen LogP contribution in [0.1, 0.15) is 32.8 Å². The molecule has 0 aliphatic heterocycles. The van der Waals surface area contributed by atoms with Crippen molar-refractivity contribution in [3.63, 3.8) is 0 Å². The largest absolute Gasteiger partial charge is 0.370 e. The summed E-state index contributed by atoms with van der Waals surface area (Å²) in [6.45, 7) is 8.47. The minimum atomic E-state index is 0.327. The summed E-state index contributed by atoms with van der Waals surface area (Å²) in [6, 6.07) is 0.562. The summed E-state index contributed by atoms with van der Waals surface area (Å²) in [5.41, 5.74) is 6.72. The Morgan fingerprint density at radius 3 is 2.78 bits per heavy atom. The maximum atomic E-state index is 5.61. The molecule has 0 spiro atoms.